The summed E-state index contributed by atoms with van der Waals surface area (Å²) in [6.07, 6.45) is 5.70. The second-order valence-electron chi connectivity index (χ2n) is 6.76. The van der Waals surface area contributed by atoms with E-state index in [2.05, 4.69) is 15.3 Å². The van der Waals surface area contributed by atoms with E-state index in [1.165, 1.54) is 12.8 Å². The van der Waals surface area contributed by atoms with Crippen LogP contribution < -0.4 is 10.2 Å². The van der Waals surface area contributed by atoms with E-state index >= 15 is 0 Å². The van der Waals surface area contributed by atoms with Gasteiger partial charge in [-0.3, -0.25) is 4.79 Å². The topological polar surface area (TPSA) is 67.4 Å². The predicted octanol–water partition coefficient (Wildman–Crippen LogP) is 0.983. The second kappa shape index (κ2) is 6.03. The Balaban J connectivity index is 1.49. The first kappa shape index (κ1) is 14.8. The number of amides is 1. The summed E-state index contributed by atoms with van der Waals surface area (Å²) in [6.45, 7) is 2.69. The molecule has 0 spiro atoms. The number of carbonyl (C=O) groups is 1. The molecule has 3 fully saturated rings. The zero-order chi connectivity index (χ0) is 15.8. The molecule has 6 nitrogen and oxygen atoms in total. The van der Waals surface area contributed by atoms with Crippen LogP contribution in [0.15, 0.2) is 12.4 Å². The first-order valence-corrected chi connectivity index (χ1v) is 8.32. The van der Waals surface area contributed by atoms with E-state index < -0.39 is 5.82 Å². The van der Waals surface area contributed by atoms with Crippen molar-refractivity contribution >= 4 is 11.9 Å². The molecule has 0 unspecified atom stereocenters. The molecule has 1 aromatic heterocycles. The maximum Gasteiger partial charge on any atom is 0.225 e. The molecule has 3 aliphatic rings. The third kappa shape index (κ3) is 3.15. The fourth-order valence-corrected chi connectivity index (χ4v) is 3.59. The molecular weight excluding hydrogens is 299 g/mol. The number of anilines is 1. The zero-order valence-electron chi connectivity index (χ0n) is 12.9. The second-order valence-corrected chi connectivity index (χ2v) is 6.76. The van der Waals surface area contributed by atoms with E-state index in [0.29, 0.717) is 31.6 Å². The number of nitrogens with zero attached hydrogens (tertiary/aromatic N) is 3. The fourth-order valence-electron chi connectivity index (χ4n) is 3.59. The molecule has 7 heteroatoms. The number of carbonyl (C=O) groups excluding carboxylic acids is 1. The van der Waals surface area contributed by atoms with Crippen LogP contribution in [0.5, 0.6) is 0 Å². The number of halogens is 1. The van der Waals surface area contributed by atoms with Crippen LogP contribution in [0.4, 0.5) is 10.3 Å². The molecule has 4 rings (SSSR count). The molecule has 3 atom stereocenters. The van der Waals surface area contributed by atoms with E-state index in [-0.39, 0.29) is 23.8 Å². The van der Waals surface area contributed by atoms with E-state index in [1.54, 1.807) is 0 Å². The number of ether oxygens (including phenoxy) is 1. The summed E-state index contributed by atoms with van der Waals surface area (Å²) >= 11 is 0. The summed E-state index contributed by atoms with van der Waals surface area (Å²) in [5, 5.41) is 3.09. The minimum Gasteiger partial charge on any atom is -0.376 e. The number of aromatic nitrogens is 2. The van der Waals surface area contributed by atoms with Gasteiger partial charge in [0.1, 0.15) is 0 Å². The molecular formula is C16H21FN4O2. The molecule has 1 aromatic rings. The lowest BCUT2D eigenvalue weighted by Gasteiger charge is -2.39. The number of hydrogen-bond acceptors (Lipinski definition) is 5. The van der Waals surface area contributed by atoms with Gasteiger partial charge in [0.05, 0.1) is 24.4 Å². The molecule has 23 heavy (non-hydrogen) atoms. The molecule has 1 saturated carbocycles. The van der Waals surface area contributed by atoms with Crippen molar-refractivity contribution in [2.24, 2.45) is 17.8 Å². The van der Waals surface area contributed by atoms with Crippen molar-refractivity contribution in [1.29, 1.82) is 0 Å². The van der Waals surface area contributed by atoms with Crippen molar-refractivity contribution in [3.63, 3.8) is 0 Å². The molecule has 0 bridgehead atoms. The highest BCUT2D eigenvalue weighted by atomic mass is 19.1. The monoisotopic (exact) mass is 320 g/mol. The van der Waals surface area contributed by atoms with Gasteiger partial charge in [-0.05, 0) is 25.2 Å². The quantitative estimate of drug-likeness (QED) is 0.896. The predicted molar refractivity (Wildman–Crippen MR) is 81.3 cm³/mol. The van der Waals surface area contributed by atoms with Crippen molar-refractivity contribution in [1.82, 2.24) is 15.3 Å². The molecule has 1 aliphatic carbocycles. The van der Waals surface area contributed by atoms with Gasteiger partial charge in [-0.1, -0.05) is 0 Å². The van der Waals surface area contributed by atoms with Gasteiger partial charge >= 0.3 is 0 Å². The number of fused-ring (bicyclic) bond motifs is 1. The van der Waals surface area contributed by atoms with Gasteiger partial charge in [0.25, 0.3) is 0 Å². The van der Waals surface area contributed by atoms with Gasteiger partial charge < -0.3 is 15.0 Å². The highest BCUT2D eigenvalue weighted by Crippen LogP contribution is 2.35. The lowest BCUT2D eigenvalue weighted by molar-refractivity contribution is -0.127. The third-order valence-electron chi connectivity index (χ3n) is 5.08. The summed E-state index contributed by atoms with van der Waals surface area (Å²) in [6, 6.07) is 0. The van der Waals surface area contributed by atoms with Crippen LogP contribution in [0.2, 0.25) is 0 Å². The van der Waals surface area contributed by atoms with Gasteiger partial charge in [-0.15, -0.1) is 0 Å². The molecule has 2 saturated heterocycles. The molecule has 0 radical (unpaired) electrons. The largest absolute Gasteiger partial charge is 0.376 e. The first-order chi connectivity index (χ1) is 11.2. The molecule has 0 aromatic carbocycles. The van der Waals surface area contributed by atoms with Gasteiger partial charge in [0, 0.05) is 32.2 Å². The van der Waals surface area contributed by atoms with Crippen molar-refractivity contribution in [3.8, 4) is 0 Å². The van der Waals surface area contributed by atoms with Crippen LogP contribution in [-0.2, 0) is 9.53 Å². The molecule has 1 amide bonds. The van der Waals surface area contributed by atoms with E-state index in [1.807, 2.05) is 4.90 Å². The summed E-state index contributed by atoms with van der Waals surface area (Å²) in [5.41, 5.74) is 0. The molecule has 2 aliphatic heterocycles. The van der Waals surface area contributed by atoms with Crippen LogP contribution in [0.25, 0.3) is 0 Å². The van der Waals surface area contributed by atoms with Crippen LogP contribution in [0.1, 0.15) is 19.3 Å². The lowest BCUT2D eigenvalue weighted by Crippen LogP contribution is -2.53. The van der Waals surface area contributed by atoms with Crippen molar-refractivity contribution < 1.29 is 13.9 Å². The Hall–Kier alpha value is -1.76. The van der Waals surface area contributed by atoms with Crippen LogP contribution >= 0.6 is 0 Å². The minimum absolute atomic E-state index is 0.0223. The maximum absolute atomic E-state index is 13.0. The summed E-state index contributed by atoms with van der Waals surface area (Å²) < 4.78 is 18.8. The number of piperidine rings is 1. The normalized spacial score (nSPS) is 30.1. The minimum atomic E-state index is -0.459. The van der Waals surface area contributed by atoms with Crippen LogP contribution in [0, 0.1) is 23.6 Å². The van der Waals surface area contributed by atoms with Crippen molar-refractivity contribution in [3.05, 3.63) is 18.2 Å². The highest BCUT2D eigenvalue weighted by Gasteiger charge is 2.44. The smallest absolute Gasteiger partial charge is 0.225 e. The van der Waals surface area contributed by atoms with E-state index in [9.17, 15) is 9.18 Å². The Labute approximate surface area is 134 Å². The summed E-state index contributed by atoms with van der Waals surface area (Å²) in [4.78, 5) is 22.6. The standard InChI is InChI=1S/C16H21FN4O2/c17-11-6-19-16(20-7-11)21-8-13(12-3-4-23-14(12)9-21)15(22)18-5-10-1-2-10/h6-7,10,12-14H,1-5,8-9H2,(H,18,22)/t12-,13-,14+/m1/s1. The van der Waals surface area contributed by atoms with Crippen molar-refractivity contribution in [2.75, 3.05) is 31.1 Å². The average molecular weight is 320 g/mol. The lowest BCUT2D eigenvalue weighted by atomic mass is 9.82. The van der Waals surface area contributed by atoms with Gasteiger partial charge in [-0.2, -0.15) is 0 Å². The fraction of sp³-hybridized carbons (Fsp3) is 0.688. The van der Waals surface area contributed by atoms with Gasteiger partial charge in [0.15, 0.2) is 5.82 Å². The number of nitrogens with one attached hydrogen (secondary N) is 1. The molecule has 124 valence electrons. The summed E-state index contributed by atoms with van der Waals surface area (Å²) in [7, 11) is 0. The SMILES string of the molecule is O=C(NCC1CC1)[C@@H]1CN(c2ncc(F)cn2)C[C@@H]2OCC[C@@H]21. The average Bonchev–Trinajstić information content (AvgIpc) is 3.27. The Morgan fingerprint density at radius 2 is 2.09 bits per heavy atom. The Morgan fingerprint density at radius 1 is 1.30 bits per heavy atom. The van der Waals surface area contributed by atoms with Gasteiger partial charge in [0.2, 0.25) is 11.9 Å². The third-order valence-corrected chi connectivity index (χ3v) is 5.08. The molecule has 3 heterocycles. The zero-order valence-corrected chi connectivity index (χ0v) is 12.9. The Bertz CT molecular complexity index is 578. The van der Waals surface area contributed by atoms with Gasteiger partial charge in [-0.25, -0.2) is 14.4 Å². The first-order valence-electron chi connectivity index (χ1n) is 8.32. The van der Waals surface area contributed by atoms with Crippen molar-refractivity contribution in [2.45, 2.75) is 25.4 Å². The maximum atomic E-state index is 13.0. The van der Waals surface area contributed by atoms with Crippen LogP contribution in [-0.4, -0.2) is 48.2 Å². The number of rotatable bonds is 4. The molecule has 1 N–H and O–H groups in total. The number of hydrogen-bond donors (Lipinski definition) is 1. The van der Waals surface area contributed by atoms with Crippen LogP contribution in [0.3, 0.4) is 0 Å². The van der Waals surface area contributed by atoms with E-state index in [0.717, 1.165) is 25.4 Å². The summed E-state index contributed by atoms with van der Waals surface area (Å²) in [5.74, 6) is 0.897. The highest BCUT2D eigenvalue weighted by molar-refractivity contribution is 5.80. The Morgan fingerprint density at radius 3 is 2.83 bits per heavy atom. The van der Waals surface area contributed by atoms with E-state index in [4.69, 9.17) is 4.74 Å². The Kier molecular flexibility index (Phi) is 3.88.